The van der Waals surface area contributed by atoms with Crippen LogP contribution in [0.2, 0.25) is 5.02 Å². The summed E-state index contributed by atoms with van der Waals surface area (Å²) in [6, 6.07) is 41.2. The van der Waals surface area contributed by atoms with Crippen LogP contribution in [0.4, 0.5) is 0 Å². The van der Waals surface area contributed by atoms with Crippen LogP contribution < -0.4 is 0 Å². The standard InChI is InChI=1S/C36H19ClO/c37-28-19-30-36(34-27(28)17-15-23-12-10-21-6-2-4-8-26(21)32(23)34)35-29(38-30)18-16-24-14-13-22-11-9-20-5-1-3-7-25(20)31(22)33(24)35/h1-19H. The summed E-state index contributed by atoms with van der Waals surface area (Å²) < 4.78 is 6.59. The molecule has 9 rings (SSSR count). The lowest BCUT2D eigenvalue weighted by Crippen LogP contribution is -1.85. The molecule has 0 amide bonds. The number of furan rings is 1. The molecule has 0 bridgehead atoms. The Morgan fingerprint density at radius 2 is 0.868 bits per heavy atom. The highest BCUT2D eigenvalue weighted by Gasteiger charge is 2.20. The summed E-state index contributed by atoms with van der Waals surface area (Å²) in [4.78, 5) is 0. The Morgan fingerprint density at radius 1 is 0.368 bits per heavy atom. The maximum absolute atomic E-state index is 6.95. The highest BCUT2D eigenvalue weighted by atomic mass is 35.5. The molecule has 0 fully saturated rings. The van der Waals surface area contributed by atoms with E-state index in [1.807, 2.05) is 6.07 Å². The number of rotatable bonds is 0. The van der Waals surface area contributed by atoms with E-state index in [4.69, 9.17) is 16.0 Å². The zero-order chi connectivity index (χ0) is 25.0. The predicted molar refractivity (Wildman–Crippen MR) is 164 cm³/mol. The van der Waals surface area contributed by atoms with Gasteiger partial charge in [-0.3, -0.25) is 0 Å². The fourth-order valence-electron chi connectivity index (χ4n) is 6.62. The van der Waals surface area contributed by atoms with Gasteiger partial charge in [-0.15, -0.1) is 0 Å². The molecule has 8 aromatic carbocycles. The van der Waals surface area contributed by atoms with Crippen molar-refractivity contribution in [3.8, 4) is 0 Å². The smallest absolute Gasteiger partial charge is 0.137 e. The van der Waals surface area contributed by atoms with Crippen LogP contribution in [0, 0.1) is 0 Å². The van der Waals surface area contributed by atoms with Crippen LogP contribution in [0.3, 0.4) is 0 Å². The third-order valence-electron chi connectivity index (χ3n) is 8.24. The first-order valence-corrected chi connectivity index (χ1v) is 13.3. The fourth-order valence-corrected chi connectivity index (χ4v) is 6.88. The molecule has 1 heterocycles. The maximum Gasteiger partial charge on any atom is 0.137 e. The Hall–Kier alpha value is -4.59. The van der Waals surface area contributed by atoms with Gasteiger partial charge in [-0.1, -0.05) is 115 Å². The third-order valence-corrected chi connectivity index (χ3v) is 8.56. The van der Waals surface area contributed by atoms with E-state index >= 15 is 0 Å². The lowest BCUT2D eigenvalue weighted by Gasteiger charge is -2.12. The van der Waals surface area contributed by atoms with Gasteiger partial charge in [0.15, 0.2) is 0 Å². The van der Waals surface area contributed by atoms with Crippen molar-refractivity contribution < 1.29 is 4.42 Å². The summed E-state index contributed by atoms with van der Waals surface area (Å²) in [6.07, 6.45) is 0. The van der Waals surface area contributed by atoms with Gasteiger partial charge < -0.3 is 4.42 Å². The Kier molecular flexibility index (Phi) is 3.90. The van der Waals surface area contributed by atoms with Crippen LogP contribution in [0.1, 0.15) is 0 Å². The van der Waals surface area contributed by atoms with Gasteiger partial charge in [-0.25, -0.2) is 0 Å². The van der Waals surface area contributed by atoms with Crippen molar-refractivity contribution in [1.82, 2.24) is 0 Å². The molecule has 0 aliphatic carbocycles. The molecule has 0 aliphatic heterocycles. The SMILES string of the molecule is Clc1cc2oc3ccc4ccc5ccc6ccccc6c5c4c3c2c2c1ccc1ccc3ccccc3c12. The maximum atomic E-state index is 6.95. The van der Waals surface area contributed by atoms with Crippen LogP contribution in [-0.2, 0) is 0 Å². The molecule has 1 nitrogen and oxygen atoms in total. The van der Waals surface area contributed by atoms with Crippen molar-refractivity contribution in [2.24, 2.45) is 0 Å². The Bertz CT molecular complexity index is 2460. The highest BCUT2D eigenvalue weighted by molar-refractivity contribution is 6.44. The van der Waals surface area contributed by atoms with E-state index in [0.717, 1.165) is 32.7 Å². The zero-order valence-corrected chi connectivity index (χ0v) is 21.0. The Balaban J connectivity index is 1.67. The van der Waals surface area contributed by atoms with Gasteiger partial charge in [0, 0.05) is 33.0 Å². The molecule has 0 saturated carbocycles. The largest absolute Gasteiger partial charge is 0.456 e. The monoisotopic (exact) mass is 502 g/mol. The zero-order valence-electron chi connectivity index (χ0n) is 20.3. The number of hydrogen-bond donors (Lipinski definition) is 0. The van der Waals surface area contributed by atoms with Gasteiger partial charge in [-0.05, 0) is 54.5 Å². The second kappa shape index (κ2) is 7.25. The van der Waals surface area contributed by atoms with E-state index in [2.05, 4.69) is 109 Å². The number of halogens is 1. The topological polar surface area (TPSA) is 13.1 Å². The first-order valence-electron chi connectivity index (χ1n) is 12.9. The third kappa shape index (κ3) is 2.57. The van der Waals surface area contributed by atoms with E-state index in [0.29, 0.717) is 5.02 Å². The molecule has 0 unspecified atom stereocenters. The highest BCUT2D eigenvalue weighted by Crippen LogP contribution is 2.47. The van der Waals surface area contributed by atoms with Crippen LogP contribution in [0.15, 0.2) is 120 Å². The van der Waals surface area contributed by atoms with Crippen LogP contribution in [0.25, 0.3) is 86.6 Å². The quantitative estimate of drug-likeness (QED) is 0.188. The van der Waals surface area contributed by atoms with Gasteiger partial charge in [-0.2, -0.15) is 0 Å². The number of fused-ring (bicyclic) bond motifs is 15. The number of benzene rings is 8. The van der Waals surface area contributed by atoms with Gasteiger partial charge in [0.05, 0.1) is 5.02 Å². The minimum Gasteiger partial charge on any atom is -0.456 e. The molecule has 0 saturated heterocycles. The molecule has 0 aliphatic rings. The molecular weight excluding hydrogens is 484 g/mol. The molecule has 38 heavy (non-hydrogen) atoms. The molecule has 0 radical (unpaired) electrons. The Labute approximate surface area is 222 Å². The second-order valence-corrected chi connectivity index (χ2v) is 10.6. The molecular formula is C36H19ClO. The van der Waals surface area contributed by atoms with E-state index < -0.39 is 0 Å². The van der Waals surface area contributed by atoms with Gasteiger partial charge >= 0.3 is 0 Å². The summed E-state index contributed by atoms with van der Waals surface area (Å²) in [5, 5.41) is 17.5. The van der Waals surface area contributed by atoms with Crippen molar-refractivity contribution in [2.45, 2.75) is 0 Å². The van der Waals surface area contributed by atoms with E-state index in [1.165, 1.54) is 53.9 Å². The molecule has 0 atom stereocenters. The summed E-state index contributed by atoms with van der Waals surface area (Å²) in [6.45, 7) is 0. The molecule has 0 spiro atoms. The summed E-state index contributed by atoms with van der Waals surface area (Å²) >= 11 is 6.95. The van der Waals surface area contributed by atoms with E-state index in [1.54, 1.807) is 0 Å². The van der Waals surface area contributed by atoms with Crippen molar-refractivity contribution in [1.29, 1.82) is 0 Å². The summed E-state index contributed by atoms with van der Waals surface area (Å²) in [5.74, 6) is 0. The average molecular weight is 503 g/mol. The Morgan fingerprint density at radius 3 is 1.55 bits per heavy atom. The lowest BCUT2D eigenvalue weighted by molar-refractivity contribution is 0.669. The molecule has 1 aromatic heterocycles. The summed E-state index contributed by atoms with van der Waals surface area (Å²) in [5.41, 5.74) is 1.71. The average Bonchev–Trinajstić information content (AvgIpc) is 3.34. The first-order chi connectivity index (χ1) is 18.8. The lowest BCUT2D eigenvalue weighted by atomic mass is 9.90. The van der Waals surface area contributed by atoms with Crippen LogP contribution >= 0.6 is 11.6 Å². The second-order valence-electron chi connectivity index (χ2n) is 10.2. The van der Waals surface area contributed by atoms with E-state index in [9.17, 15) is 0 Å². The van der Waals surface area contributed by atoms with Gasteiger partial charge in [0.2, 0.25) is 0 Å². The minimum absolute atomic E-state index is 0.709. The first kappa shape index (κ1) is 20.5. The van der Waals surface area contributed by atoms with Crippen molar-refractivity contribution in [3.05, 3.63) is 120 Å². The molecule has 0 N–H and O–H groups in total. The van der Waals surface area contributed by atoms with Gasteiger partial charge in [0.25, 0.3) is 0 Å². The predicted octanol–water partition coefficient (Wildman–Crippen LogP) is 11.2. The summed E-state index contributed by atoms with van der Waals surface area (Å²) in [7, 11) is 0. The van der Waals surface area contributed by atoms with Crippen molar-refractivity contribution >= 4 is 98.2 Å². The van der Waals surface area contributed by atoms with Crippen LogP contribution in [0.5, 0.6) is 0 Å². The van der Waals surface area contributed by atoms with Crippen molar-refractivity contribution in [2.75, 3.05) is 0 Å². The molecule has 2 heteroatoms. The van der Waals surface area contributed by atoms with Crippen LogP contribution in [-0.4, -0.2) is 0 Å². The normalized spacial score (nSPS) is 12.3. The molecule has 9 aromatic rings. The number of hydrogen-bond acceptors (Lipinski definition) is 1. The van der Waals surface area contributed by atoms with E-state index in [-0.39, 0.29) is 0 Å². The van der Waals surface area contributed by atoms with Crippen molar-refractivity contribution in [3.63, 3.8) is 0 Å². The fraction of sp³-hybridized carbons (Fsp3) is 0. The minimum atomic E-state index is 0.709. The molecule has 176 valence electrons. The van der Waals surface area contributed by atoms with Gasteiger partial charge in [0.1, 0.15) is 11.2 Å².